The number of benzene rings is 1. The molecule has 0 aliphatic carbocycles. The largest absolute Gasteiger partial charge is 0.465 e. The third kappa shape index (κ3) is 4.91. The number of amides is 1. The van der Waals surface area contributed by atoms with Gasteiger partial charge in [0.2, 0.25) is 10.0 Å². The molecule has 1 amide bonds. The lowest BCUT2D eigenvalue weighted by Gasteiger charge is -2.25. The highest BCUT2D eigenvalue weighted by molar-refractivity contribution is 7.89. The van der Waals surface area contributed by atoms with Crippen molar-refractivity contribution >= 4 is 21.9 Å². The zero-order chi connectivity index (χ0) is 21.7. The number of hydrogen-bond acceptors (Lipinski definition) is 5. The molecule has 1 N–H and O–H groups in total. The van der Waals surface area contributed by atoms with Crippen molar-refractivity contribution < 1.29 is 22.7 Å². The van der Waals surface area contributed by atoms with Crippen LogP contribution in [-0.4, -0.2) is 55.9 Å². The zero-order valence-corrected chi connectivity index (χ0v) is 18.1. The van der Waals surface area contributed by atoms with Crippen LogP contribution in [0.5, 0.6) is 0 Å². The third-order valence-corrected chi connectivity index (χ3v) is 7.10. The lowest BCUT2D eigenvalue weighted by molar-refractivity contribution is 0.0600. The number of esters is 1. The van der Waals surface area contributed by atoms with E-state index in [-0.39, 0.29) is 10.8 Å². The van der Waals surface area contributed by atoms with Crippen LogP contribution in [0.15, 0.2) is 41.4 Å². The fourth-order valence-corrected chi connectivity index (χ4v) is 5.08. The molecule has 0 radical (unpaired) electrons. The van der Waals surface area contributed by atoms with E-state index in [1.807, 2.05) is 12.1 Å². The van der Waals surface area contributed by atoms with Crippen LogP contribution in [0.1, 0.15) is 45.7 Å². The highest BCUT2D eigenvalue weighted by Gasteiger charge is 2.28. The second kappa shape index (κ2) is 9.44. The summed E-state index contributed by atoms with van der Waals surface area (Å²) in [6.07, 6.45) is 4.83. The Morgan fingerprint density at radius 1 is 1.10 bits per heavy atom. The molecule has 0 unspecified atom stereocenters. The maximum Gasteiger partial charge on any atom is 0.337 e. The van der Waals surface area contributed by atoms with E-state index in [9.17, 15) is 18.0 Å². The maximum absolute atomic E-state index is 12.8. The van der Waals surface area contributed by atoms with Gasteiger partial charge in [0.15, 0.2) is 0 Å². The molecule has 1 aromatic carbocycles. The highest BCUT2D eigenvalue weighted by Crippen LogP contribution is 2.22. The summed E-state index contributed by atoms with van der Waals surface area (Å²) in [7, 11) is -0.585. The van der Waals surface area contributed by atoms with Gasteiger partial charge in [-0.05, 0) is 43.0 Å². The first-order chi connectivity index (χ1) is 14.3. The van der Waals surface area contributed by atoms with Crippen molar-refractivity contribution in [1.82, 2.24) is 14.2 Å². The standard InChI is InChI=1S/C21H27N3O5S/c1-23-15-18(30(27,28)24-12-4-3-5-13-24)14-19(23)20(25)22-11-10-16-6-8-17(9-7-16)21(26)29-2/h6-9,14-15H,3-5,10-13H2,1-2H3,(H,22,25). The van der Waals surface area contributed by atoms with Gasteiger partial charge in [0.25, 0.3) is 5.91 Å². The van der Waals surface area contributed by atoms with E-state index in [1.165, 1.54) is 28.2 Å². The first-order valence-corrected chi connectivity index (χ1v) is 11.4. The van der Waals surface area contributed by atoms with E-state index in [0.29, 0.717) is 37.3 Å². The van der Waals surface area contributed by atoms with Gasteiger partial charge in [-0.15, -0.1) is 0 Å². The number of methoxy groups -OCH3 is 1. The minimum atomic E-state index is -3.58. The van der Waals surface area contributed by atoms with Crippen LogP contribution in [0, 0.1) is 0 Å². The number of aromatic nitrogens is 1. The molecule has 162 valence electrons. The number of sulfonamides is 1. The van der Waals surface area contributed by atoms with Crippen LogP contribution in [0.3, 0.4) is 0 Å². The van der Waals surface area contributed by atoms with Crippen LogP contribution in [0.25, 0.3) is 0 Å². The van der Waals surface area contributed by atoms with Gasteiger partial charge in [0.1, 0.15) is 10.6 Å². The average Bonchev–Trinajstić information content (AvgIpc) is 3.17. The summed E-state index contributed by atoms with van der Waals surface area (Å²) in [6, 6.07) is 8.41. The molecule has 3 rings (SSSR count). The van der Waals surface area contributed by atoms with Gasteiger partial charge in [-0.3, -0.25) is 4.79 Å². The number of nitrogens with zero attached hydrogens (tertiary/aromatic N) is 2. The van der Waals surface area contributed by atoms with Gasteiger partial charge in [-0.1, -0.05) is 18.6 Å². The predicted octanol–water partition coefficient (Wildman–Crippen LogP) is 1.96. The number of carbonyl (C=O) groups excluding carboxylic acids is 2. The molecule has 30 heavy (non-hydrogen) atoms. The lowest BCUT2D eigenvalue weighted by atomic mass is 10.1. The molecule has 1 saturated heterocycles. The maximum atomic E-state index is 12.8. The monoisotopic (exact) mass is 433 g/mol. The molecule has 0 saturated carbocycles. The quantitative estimate of drug-likeness (QED) is 0.673. The molecule has 1 fully saturated rings. The van der Waals surface area contributed by atoms with Crippen molar-refractivity contribution in [2.45, 2.75) is 30.6 Å². The Bertz CT molecular complexity index is 1010. The summed E-state index contributed by atoms with van der Waals surface area (Å²) in [5.74, 6) is -0.724. The van der Waals surface area contributed by atoms with Crippen LogP contribution >= 0.6 is 0 Å². The van der Waals surface area contributed by atoms with Crippen LogP contribution in [-0.2, 0) is 28.2 Å². The first-order valence-electron chi connectivity index (χ1n) is 9.95. The topological polar surface area (TPSA) is 97.7 Å². The molecular formula is C21H27N3O5S. The minimum absolute atomic E-state index is 0.149. The second-order valence-electron chi connectivity index (χ2n) is 7.33. The molecule has 2 aromatic rings. The Balaban J connectivity index is 1.60. The Labute approximate surface area is 176 Å². The lowest BCUT2D eigenvalue weighted by Crippen LogP contribution is -2.35. The summed E-state index contributed by atoms with van der Waals surface area (Å²) in [4.78, 5) is 24.2. The summed E-state index contributed by atoms with van der Waals surface area (Å²) >= 11 is 0. The van der Waals surface area contributed by atoms with Crippen molar-refractivity contribution in [3.8, 4) is 0 Å². The fourth-order valence-electron chi connectivity index (χ4n) is 3.49. The fraction of sp³-hybridized carbons (Fsp3) is 0.429. The summed E-state index contributed by atoms with van der Waals surface area (Å²) in [6.45, 7) is 1.43. The van der Waals surface area contributed by atoms with Crippen molar-refractivity contribution in [1.29, 1.82) is 0 Å². The molecule has 0 atom stereocenters. The Morgan fingerprint density at radius 2 is 1.77 bits per heavy atom. The van der Waals surface area contributed by atoms with E-state index in [4.69, 9.17) is 0 Å². The van der Waals surface area contributed by atoms with Gasteiger partial charge >= 0.3 is 5.97 Å². The number of rotatable bonds is 7. The van der Waals surface area contributed by atoms with Gasteiger partial charge in [0, 0.05) is 32.9 Å². The molecule has 1 aliphatic rings. The minimum Gasteiger partial charge on any atom is -0.465 e. The van der Waals surface area contributed by atoms with Gasteiger partial charge < -0.3 is 14.6 Å². The summed E-state index contributed by atoms with van der Waals surface area (Å²) in [5, 5.41) is 2.82. The number of piperidine rings is 1. The predicted molar refractivity (Wildman–Crippen MR) is 112 cm³/mol. The average molecular weight is 434 g/mol. The molecular weight excluding hydrogens is 406 g/mol. The van der Waals surface area contributed by atoms with E-state index >= 15 is 0 Å². The molecule has 9 heteroatoms. The number of ether oxygens (including phenoxy) is 1. The first kappa shape index (κ1) is 22.0. The van der Waals surface area contributed by atoms with E-state index < -0.39 is 16.0 Å². The Hall–Kier alpha value is -2.65. The third-order valence-electron chi connectivity index (χ3n) is 5.24. The Morgan fingerprint density at radius 3 is 2.40 bits per heavy atom. The molecule has 0 bridgehead atoms. The van der Waals surface area contributed by atoms with Gasteiger partial charge in [0.05, 0.1) is 12.7 Å². The van der Waals surface area contributed by atoms with Crippen LogP contribution in [0.4, 0.5) is 0 Å². The van der Waals surface area contributed by atoms with Crippen molar-refractivity contribution in [2.24, 2.45) is 7.05 Å². The normalized spacial score (nSPS) is 15.0. The van der Waals surface area contributed by atoms with Crippen LogP contribution in [0.2, 0.25) is 0 Å². The molecule has 1 aliphatic heterocycles. The molecule has 1 aromatic heterocycles. The number of nitrogens with one attached hydrogen (secondary N) is 1. The van der Waals surface area contributed by atoms with Crippen molar-refractivity contribution in [3.05, 3.63) is 53.3 Å². The number of hydrogen-bond donors (Lipinski definition) is 1. The SMILES string of the molecule is COC(=O)c1ccc(CCNC(=O)c2cc(S(=O)(=O)N3CCCCC3)cn2C)cc1. The highest BCUT2D eigenvalue weighted by atomic mass is 32.2. The van der Waals surface area contributed by atoms with Crippen molar-refractivity contribution in [3.63, 3.8) is 0 Å². The summed E-state index contributed by atoms with van der Waals surface area (Å²) < 4.78 is 33.3. The molecule has 2 heterocycles. The Kier molecular flexibility index (Phi) is 6.94. The van der Waals surface area contributed by atoms with Crippen molar-refractivity contribution in [2.75, 3.05) is 26.7 Å². The molecule has 8 nitrogen and oxygen atoms in total. The summed E-state index contributed by atoms with van der Waals surface area (Å²) in [5.41, 5.74) is 1.73. The van der Waals surface area contributed by atoms with E-state index in [2.05, 4.69) is 10.1 Å². The second-order valence-corrected chi connectivity index (χ2v) is 9.27. The zero-order valence-electron chi connectivity index (χ0n) is 17.3. The van der Waals surface area contributed by atoms with E-state index in [0.717, 1.165) is 24.8 Å². The number of aryl methyl sites for hydroxylation is 1. The smallest absolute Gasteiger partial charge is 0.337 e. The van der Waals surface area contributed by atoms with E-state index in [1.54, 1.807) is 19.2 Å². The van der Waals surface area contributed by atoms with Gasteiger partial charge in [-0.25, -0.2) is 13.2 Å². The van der Waals surface area contributed by atoms with Crippen LogP contribution < -0.4 is 5.32 Å². The molecule has 0 spiro atoms. The number of carbonyl (C=O) groups is 2. The van der Waals surface area contributed by atoms with Gasteiger partial charge in [-0.2, -0.15) is 4.31 Å².